The average molecular weight is 474 g/mol. The fraction of sp³-hybridized carbons (Fsp3) is 0.0385. The molecule has 7 heteroatoms. The maximum Gasteiger partial charge on any atom is 0.293 e. The van der Waals surface area contributed by atoms with Gasteiger partial charge in [-0.05, 0) is 53.2 Å². The lowest BCUT2D eigenvalue weighted by atomic mass is 10.1. The molecule has 1 fully saturated rings. The predicted molar refractivity (Wildman–Crippen MR) is 131 cm³/mol. The van der Waals surface area contributed by atoms with Gasteiger partial charge in [-0.25, -0.2) is 0 Å². The van der Waals surface area contributed by atoms with Crippen LogP contribution in [0.5, 0.6) is 0 Å². The maximum atomic E-state index is 12.8. The van der Waals surface area contributed by atoms with Crippen molar-refractivity contribution in [3.63, 3.8) is 0 Å². The van der Waals surface area contributed by atoms with Gasteiger partial charge >= 0.3 is 0 Å². The highest BCUT2D eigenvalue weighted by atomic mass is 35.5. The molecule has 1 aromatic heterocycles. The lowest BCUT2D eigenvalue weighted by molar-refractivity contribution is -0.123. The third-order valence-corrected chi connectivity index (χ3v) is 6.41. The molecule has 2 amide bonds. The number of fused-ring (bicyclic) bond motifs is 1. The molecule has 3 aromatic carbocycles. The predicted octanol–water partition coefficient (Wildman–Crippen LogP) is 6.35. The van der Waals surface area contributed by atoms with Gasteiger partial charge < -0.3 is 4.42 Å². The van der Waals surface area contributed by atoms with E-state index in [2.05, 4.69) is 0 Å². The number of halogens is 1. The van der Waals surface area contributed by atoms with Crippen molar-refractivity contribution in [1.29, 1.82) is 0 Å². The van der Waals surface area contributed by atoms with Crippen molar-refractivity contribution in [3.8, 4) is 11.3 Å². The largest absolute Gasteiger partial charge is 0.456 e. The molecule has 0 bridgehead atoms. The quantitative estimate of drug-likeness (QED) is 0.323. The van der Waals surface area contributed by atoms with Gasteiger partial charge in [-0.2, -0.15) is 0 Å². The summed E-state index contributed by atoms with van der Waals surface area (Å²) < 4.78 is 5.88. The van der Waals surface area contributed by atoms with Crippen LogP contribution in [0.3, 0.4) is 0 Å². The molecule has 0 saturated carbocycles. The van der Waals surface area contributed by atoms with Gasteiger partial charge in [-0.3, -0.25) is 19.3 Å². The summed E-state index contributed by atoms with van der Waals surface area (Å²) in [5.41, 5.74) is 2.75. The van der Waals surface area contributed by atoms with Crippen molar-refractivity contribution in [2.24, 2.45) is 0 Å². The van der Waals surface area contributed by atoms with E-state index in [4.69, 9.17) is 16.0 Å². The molecule has 5 rings (SSSR count). The molecular formula is C26H16ClNO4S. The molecule has 0 radical (unpaired) electrons. The SMILES string of the molecule is O=C1S/C(=C\c2ccc(-c3cc(=O)c4ccccc4o3)cc2)C(=O)N1Cc1ccc(Cl)cc1. The van der Waals surface area contributed by atoms with Gasteiger partial charge in [0.1, 0.15) is 11.3 Å². The van der Waals surface area contributed by atoms with Gasteiger partial charge in [-0.15, -0.1) is 0 Å². The normalized spacial score (nSPS) is 15.1. The van der Waals surface area contributed by atoms with Crippen LogP contribution in [0.2, 0.25) is 5.02 Å². The number of imide groups is 1. The molecular weight excluding hydrogens is 458 g/mol. The average Bonchev–Trinajstić information content (AvgIpc) is 3.08. The second-order valence-corrected chi connectivity index (χ2v) is 8.92. The first-order chi connectivity index (χ1) is 16.0. The molecule has 1 aliphatic rings. The molecule has 162 valence electrons. The minimum absolute atomic E-state index is 0.106. The molecule has 0 atom stereocenters. The van der Waals surface area contributed by atoms with E-state index in [9.17, 15) is 14.4 Å². The summed E-state index contributed by atoms with van der Waals surface area (Å²) >= 11 is 6.82. The van der Waals surface area contributed by atoms with Gasteiger partial charge in [0.05, 0.1) is 16.8 Å². The Hall–Kier alpha value is -3.61. The van der Waals surface area contributed by atoms with E-state index in [1.807, 2.05) is 30.3 Å². The molecule has 33 heavy (non-hydrogen) atoms. The Morgan fingerprint density at radius 1 is 0.909 bits per heavy atom. The maximum absolute atomic E-state index is 12.8. The van der Waals surface area contributed by atoms with E-state index >= 15 is 0 Å². The van der Waals surface area contributed by atoms with Crippen LogP contribution in [0.4, 0.5) is 4.79 Å². The number of para-hydroxylation sites is 1. The van der Waals surface area contributed by atoms with Gasteiger partial charge in [0.25, 0.3) is 11.1 Å². The molecule has 0 unspecified atom stereocenters. The van der Waals surface area contributed by atoms with E-state index in [1.165, 1.54) is 11.0 Å². The monoisotopic (exact) mass is 473 g/mol. The minimum Gasteiger partial charge on any atom is -0.456 e. The number of hydrogen-bond donors (Lipinski definition) is 0. The molecule has 0 spiro atoms. The Morgan fingerprint density at radius 3 is 2.39 bits per heavy atom. The highest BCUT2D eigenvalue weighted by Crippen LogP contribution is 2.34. The molecule has 0 N–H and O–H groups in total. The van der Waals surface area contributed by atoms with Crippen molar-refractivity contribution >= 4 is 51.6 Å². The summed E-state index contributed by atoms with van der Waals surface area (Å²) in [5.74, 6) is 0.137. The van der Waals surface area contributed by atoms with Crippen LogP contribution in [-0.4, -0.2) is 16.0 Å². The van der Waals surface area contributed by atoms with Gasteiger partial charge in [0.2, 0.25) is 0 Å². The summed E-state index contributed by atoms with van der Waals surface area (Å²) in [5, 5.41) is 0.821. The number of amides is 2. The van der Waals surface area contributed by atoms with Crippen LogP contribution in [0.1, 0.15) is 11.1 Å². The molecule has 1 aliphatic heterocycles. The molecule has 4 aromatic rings. The third-order valence-electron chi connectivity index (χ3n) is 5.26. The van der Waals surface area contributed by atoms with Crippen LogP contribution < -0.4 is 5.43 Å². The van der Waals surface area contributed by atoms with E-state index in [-0.39, 0.29) is 23.1 Å². The Morgan fingerprint density at radius 2 is 1.64 bits per heavy atom. The van der Waals surface area contributed by atoms with Crippen LogP contribution in [0, 0.1) is 0 Å². The van der Waals surface area contributed by atoms with Crippen LogP contribution in [0.15, 0.2) is 93.0 Å². The zero-order valence-electron chi connectivity index (χ0n) is 17.2. The van der Waals surface area contributed by atoms with Crippen molar-refractivity contribution in [3.05, 3.63) is 110 Å². The smallest absolute Gasteiger partial charge is 0.293 e. The topological polar surface area (TPSA) is 67.6 Å². The summed E-state index contributed by atoms with van der Waals surface area (Å²) in [6.07, 6.45) is 1.69. The Bertz CT molecular complexity index is 1470. The second-order valence-electron chi connectivity index (χ2n) is 7.49. The lowest BCUT2D eigenvalue weighted by Crippen LogP contribution is -2.27. The molecule has 0 aliphatic carbocycles. The van der Waals surface area contributed by atoms with E-state index < -0.39 is 0 Å². The fourth-order valence-electron chi connectivity index (χ4n) is 3.55. The van der Waals surface area contributed by atoms with Crippen LogP contribution >= 0.6 is 23.4 Å². The van der Waals surface area contributed by atoms with Gasteiger partial charge in [0.15, 0.2) is 5.43 Å². The fourth-order valence-corrected chi connectivity index (χ4v) is 4.51. The number of thioether (sulfide) groups is 1. The number of hydrogen-bond acceptors (Lipinski definition) is 5. The number of nitrogens with zero attached hydrogens (tertiary/aromatic N) is 1. The van der Waals surface area contributed by atoms with Gasteiger partial charge in [-0.1, -0.05) is 60.1 Å². The highest BCUT2D eigenvalue weighted by molar-refractivity contribution is 8.18. The standard InChI is InChI=1S/C26H16ClNO4S/c27-19-11-7-17(8-12-19)15-28-25(30)24(33-26(28)31)13-16-5-9-18(10-6-16)23-14-21(29)20-3-1-2-4-22(20)32-23/h1-14H,15H2/b24-13-. The van der Waals surface area contributed by atoms with Crippen molar-refractivity contribution in [2.45, 2.75) is 6.54 Å². The van der Waals surface area contributed by atoms with E-state index in [1.54, 1.807) is 48.5 Å². The molecule has 2 heterocycles. The van der Waals surface area contributed by atoms with Crippen molar-refractivity contribution in [1.82, 2.24) is 4.90 Å². The summed E-state index contributed by atoms with van der Waals surface area (Å²) in [7, 11) is 0. The number of carbonyl (C=O) groups excluding carboxylic acids is 2. The molecule has 1 saturated heterocycles. The summed E-state index contributed by atoms with van der Waals surface area (Å²) in [6.45, 7) is 0.194. The number of benzene rings is 3. The third kappa shape index (κ3) is 4.35. The number of rotatable bonds is 4. The Labute approximate surface area is 198 Å². The zero-order valence-corrected chi connectivity index (χ0v) is 18.7. The first-order valence-corrected chi connectivity index (χ1v) is 11.3. The first-order valence-electron chi connectivity index (χ1n) is 10.1. The van der Waals surface area contributed by atoms with Crippen LogP contribution in [0.25, 0.3) is 28.4 Å². The van der Waals surface area contributed by atoms with Gasteiger partial charge in [0, 0.05) is 16.7 Å². The lowest BCUT2D eigenvalue weighted by Gasteiger charge is -2.12. The van der Waals surface area contributed by atoms with Crippen molar-refractivity contribution < 1.29 is 14.0 Å². The molecule has 5 nitrogen and oxygen atoms in total. The van der Waals surface area contributed by atoms with E-state index in [0.717, 1.165) is 28.5 Å². The Kier molecular flexibility index (Phi) is 5.62. The summed E-state index contributed by atoms with van der Waals surface area (Å²) in [6, 6.07) is 22.9. The first kappa shape index (κ1) is 21.2. The Balaban J connectivity index is 1.37. The summed E-state index contributed by atoms with van der Waals surface area (Å²) in [4.78, 5) is 39.1. The van der Waals surface area contributed by atoms with E-state index in [0.29, 0.717) is 26.7 Å². The zero-order chi connectivity index (χ0) is 22.9. The number of carbonyl (C=O) groups is 2. The highest BCUT2D eigenvalue weighted by Gasteiger charge is 2.34. The van der Waals surface area contributed by atoms with Crippen LogP contribution in [-0.2, 0) is 11.3 Å². The minimum atomic E-state index is -0.329. The second kappa shape index (κ2) is 8.73. The van der Waals surface area contributed by atoms with Crippen molar-refractivity contribution in [2.75, 3.05) is 0 Å².